The van der Waals surface area contributed by atoms with Crippen molar-refractivity contribution in [1.82, 2.24) is 0 Å². The highest BCUT2D eigenvalue weighted by molar-refractivity contribution is 5.91. The van der Waals surface area contributed by atoms with E-state index in [1.807, 2.05) is 0 Å². The lowest BCUT2D eigenvalue weighted by molar-refractivity contribution is -0.327. The van der Waals surface area contributed by atoms with Crippen molar-refractivity contribution in [2.24, 2.45) is 35.5 Å². The molecule has 1 unspecified atom stereocenters. The van der Waals surface area contributed by atoms with Gasteiger partial charge in [-0.1, -0.05) is 26.0 Å². The first-order valence-electron chi connectivity index (χ1n) is 21.6. The molecule has 5 rings (SSSR count). The van der Waals surface area contributed by atoms with Crippen LogP contribution in [-0.2, 0) is 61.8 Å². The maximum Gasteiger partial charge on any atom is 0.337 e. The summed E-state index contributed by atoms with van der Waals surface area (Å²) in [6, 6.07) is 0. The molecule has 10 N–H and O–H groups in total. The van der Waals surface area contributed by atoms with E-state index < -0.39 is 154 Å². The lowest BCUT2D eigenvalue weighted by Crippen LogP contribution is -2.60. The van der Waals surface area contributed by atoms with Gasteiger partial charge in [-0.3, -0.25) is 9.59 Å². The van der Waals surface area contributed by atoms with Crippen LogP contribution in [0.25, 0.3) is 0 Å². The summed E-state index contributed by atoms with van der Waals surface area (Å²) in [5.74, 6) is -7.72. The van der Waals surface area contributed by atoms with Crippen LogP contribution in [0.5, 0.6) is 0 Å². The topological polar surface area (TPSA) is 354 Å². The summed E-state index contributed by atoms with van der Waals surface area (Å²) in [4.78, 5) is 52.6. The number of methoxy groups -OCH3 is 1. The maximum absolute atomic E-state index is 13.7. The molecule has 0 aromatic carbocycles. The van der Waals surface area contributed by atoms with Crippen LogP contribution in [0, 0.1) is 35.5 Å². The van der Waals surface area contributed by atoms with Crippen molar-refractivity contribution in [3.63, 3.8) is 0 Å². The number of esters is 3. The number of carboxylic acid groups (broad SMARTS) is 1. The van der Waals surface area contributed by atoms with Crippen LogP contribution in [0.1, 0.15) is 47.0 Å². The number of hydrogen-bond donors (Lipinski definition) is 10. The van der Waals surface area contributed by atoms with E-state index in [0.717, 1.165) is 19.6 Å². The van der Waals surface area contributed by atoms with Gasteiger partial charge in [-0.05, 0) is 38.0 Å². The van der Waals surface area contributed by atoms with Crippen molar-refractivity contribution >= 4 is 23.9 Å². The van der Waals surface area contributed by atoms with Crippen LogP contribution in [0.3, 0.4) is 0 Å². The second kappa shape index (κ2) is 23.3. The fourth-order valence-electron chi connectivity index (χ4n) is 9.08. The molecule has 1 aliphatic carbocycles. The zero-order chi connectivity index (χ0) is 48.7. The van der Waals surface area contributed by atoms with Crippen molar-refractivity contribution in [3.05, 3.63) is 47.0 Å². The molecule has 0 bridgehead atoms. The Morgan fingerprint density at radius 2 is 1.23 bits per heavy atom. The quantitative estimate of drug-likeness (QED) is 0.0413. The molecule has 3 fully saturated rings. The highest BCUT2D eigenvalue weighted by Crippen LogP contribution is 2.44. The molecule has 19 atom stereocenters. The van der Waals surface area contributed by atoms with Crippen molar-refractivity contribution in [3.8, 4) is 0 Å². The number of rotatable bonds is 17. The van der Waals surface area contributed by atoms with Gasteiger partial charge in [0, 0.05) is 35.5 Å². The number of carboxylic acids is 1. The van der Waals surface area contributed by atoms with E-state index in [1.165, 1.54) is 19.1 Å². The van der Waals surface area contributed by atoms with Crippen molar-refractivity contribution < 1.29 is 113 Å². The molecule has 0 spiro atoms. The highest BCUT2D eigenvalue weighted by Gasteiger charge is 2.50. The molecule has 5 aliphatic rings. The van der Waals surface area contributed by atoms with Gasteiger partial charge in [0.25, 0.3) is 0 Å². The van der Waals surface area contributed by atoms with Gasteiger partial charge in [-0.2, -0.15) is 0 Å². The van der Waals surface area contributed by atoms with Crippen molar-refractivity contribution in [1.29, 1.82) is 0 Å². The van der Waals surface area contributed by atoms with Gasteiger partial charge in [-0.15, -0.1) is 0 Å². The number of carbonyl (C=O) groups is 4. The first-order valence-corrected chi connectivity index (χ1v) is 21.6. The van der Waals surface area contributed by atoms with E-state index in [4.69, 9.17) is 42.6 Å². The minimum atomic E-state index is -1.80. The van der Waals surface area contributed by atoms with Crippen LogP contribution in [0.15, 0.2) is 47.0 Å². The van der Waals surface area contributed by atoms with Crippen LogP contribution < -0.4 is 0 Å². The summed E-state index contributed by atoms with van der Waals surface area (Å²) >= 11 is 0. The highest BCUT2D eigenvalue weighted by atomic mass is 16.8. The van der Waals surface area contributed by atoms with Crippen molar-refractivity contribution in [2.75, 3.05) is 33.5 Å². The lowest BCUT2D eigenvalue weighted by atomic mass is 9.83. The monoisotopic (exact) mass is 946 g/mol. The van der Waals surface area contributed by atoms with E-state index in [0.29, 0.717) is 0 Å². The molecule has 0 aromatic heterocycles. The molecule has 1 saturated carbocycles. The van der Waals surface area contributed by atoms with E-state index in [1.54, 1.807) is 20.8 Å². The minimum Gasteiger partial charge on any atom is -0.478 e. The van der Waals surface area contributed by atoms with E-state index in [-0.39, 0.29) is 53.8 Å². The number of aliphatic hydroxyl groups excluding tert-OH is 9. The summed E-state index contributed by atoms with van der Waals surface area (Å²) in [7, 11) is 1.13. The van der Waals surface area contributed by atoms with E-state index >= 15 is 0 Å². The summed E-state index contributed by atoms with van der Waals surface area (Å²) < 4.78 is 50.3. The maximum atomic E-state index is 13.7. The Morgan fingerprint density at radius 3 is 1.68 bits per heavy atom. The Bertz CT molecular complexity index is 1830. The zero-order valence-electron chi connectivity index (χ0n) is 37.0. The molecule has 4 heterocycles. The first-order chi connectivity index (χ1) is 31.3. The van der Waals surface area contributed by atoms with Crippen LogP contribution >= 0.6 is 0 Å². The van der Waals surface area contributed by atoms with Gasteiger partial charge in [0.2, 0.25) is 12.6 Å². The molecule has 4 aliphatic heterocycles. The van der Waals surface area contributed by atoms with Gasteiger partial charge in [0.15, 0.2) is 12.6 Å². The predicted molar refractivity (Wildman–Crippen MR) is 217 cm³/mol. The number of aliphatic carboxylic acids is 1. The molecule has 23 heteroatoms. The fourth-order valence-corrected chi connectivity index (χ4v) is 9.08. The third-order valence-corrected chi connectivity index (χ3v) is 13.1. The molecule has 2 saturated heterocycles. The molecule has 0 aromatic rings. The van der Waals surface area contributed by atoms with Crippen LogP contribution in [0.2, 0.25) is 0 Å². The second-order valence-electron chi connectivity index (χ2n) is 16.9. The molecular weight excluding hydrogens is 884 g/mol. The Labute approximate surface area is 379 Å². The standard InChI is InChI=1S/C43H62O23/c1-6-19-22(25(38(55)56)15-60-40(19)65-42-36(53)34(51)32(49)28(12-45)63-42)10-31(48)62-27-8-21(17(3)11-44)24(18(27)4)14-59-30(47)9-23-20(7-2)41(61-16-26(23)39(57)58-5)66-43-37(54)35(52)33(50)29(13-46)64-43/h6-7,15-18,21-24,27-29,32-37,40-46,49-54H,8-14H2,1-5H3,(H,55,56)/b19-6+,20-7+/t17?,18-,21+,22+,23+,24-,27+,28-,29-,32-,33-,34+,35+,36-,37-,40+,41+,42+,43+/m1/s1. The largest absolute Gasteiger partial charge is 0.478 e. The Morgan fingerprint density at radius 1 is 0.742 bits per heavy atom. The average molecular weight is 947 g/mol. The normalized spacial score (nSPS) is 39.8. The number of aliphatic hydroxyl groups is 9. The number of allylic oxidation sites excluding steroid dienone is 2. The smallest absolute Gasteiger partial charge is 0.337 e. The molecule has 0 amide bonds. The van der Waals surface area contributed by atoms with Crippen molar-refractivity contribution in [2.45, 2.75) is 127 Å². The number of ether oxygens (including phenoxy) is 9. The van der Waals surface area contributed by atoms with E-state index in [9.17, 15) is 70.2 Å². The molecule has 0 radical (unpaired) electrons. The SMILES string of the molecule is C/C=C1/[C@H](O[C@@H]2O[C@H](CO)[C@@H](O)[C@H](O)[C@H]2O)OC=C(C(=O)O)[C@H]1CC(=O)O[C@H]1C[C@@H](C(C)CO)[C@H](COC(=O)C[C@@H]2C(C(=O)OC)=CO[C@@H](O[C@@H]3O[C@H](CO)[C@@H](O)[C@H](O)[C@H]3O)/C2=C/C)[C@H]1C. The molecule has 372 valence electrons. The predicted octanol–water partition coefficient (Wildman–Crippen LogP) is -2.38. The van der Waals surface area contributed by atoms with Gasteiger partial charge in [0.1, 0.15) is 54.9 Å². The molecule has 66 heavy (non-hydrogen) atoms. The first kappa shape index (κ1) is 52.9. The summed E-state index contributed by atoms with van der Waals surface area (Å²) in [6.45, 7) is 4.74. The second-order valence-corrected chi connectivity index (χ2v) is 16.9. The Kier molecular flexibility index (Phi) is 18.7. The van der Waals surface area contributed by atoms with Gasteiger partial charge in [-0.25, -0.2) is 9.59 Å². The summed E-state index contributed by atoms with van der Waals surface area (Å²) in [5, 5.41) is 101. The summed E-state index contributed by atoms with van der Waals surface area (Å²) in [5.41, 5.74) is -0.0738. The Hall–Kier alpha value is -4.08. The zero-order valence-corrected chi connectivity index (χ0v) is 37.0. The number of carbonyl (C=O) groups excluding carboxylic acids is 3. The lowest BCUT2D eigenvalue weighted by Gasteiger charge is -2.41. The Balaban J connectivity index is 1.26. The average Bonchev–Trinajstić information content (AvgIpc) is 3.61. The van der Waals surface area contributed by atoms with Gasteiger partial charge in [0.05, 0.1) is 63.4 Å². The third-order valence-electron chi connectivity index (χ3n) is 13.1. The van der Waals surface area contributed by atoms with Crippen LogP contribution in [-0.4, -0.2) is 189 Å². The fraction of sp³-hybridized carbons (Fsp3) is 0.721. The van der Waals surface area contributed by atoms with Gasteiger partial charge < -0.3 is 93.7 Å². The third kappa shape index (κ3) is 11.4. The van der Waals surface area contributed by atoms with E-state index in [2.05, 4.69) is 0 Å². The molecule has 23 nitrogen and oxygen atoms in total. The molecular formula is C43H62O23. The minimum absolute atomic E-state index is 0.0811. The van der Waals surface area contributed by atoms with Crippen LogP contribution in [0.4, 0.5) is 0 Å². The number of hydrogen-bond acceptors (Lipinski definition) is 22. The van der Waals surface area contributed by atoms with Gasteiger partial charge >= 0.3 is 23.9 Å². The summed E-state index contributed by atoms with van der Waals surface area (Å²) in [6.07, 6.45) is -15.8.